The topological polar surface area (TPSA) is 98.9 Å². The summed E-state index contributed by atoms with van der Waals surface area (Å²) >= 11 is 0. The minimum absolute atomic E-state index is 0.230. The van der Waals surface area contributed by atoms with Crippen molar-refractivity contribution >= 4 is 5.97 Å². The van der Waals surface area contributed by atoms with E-state index >= 15 is 0 Å². The molecule has 8 heteroatoms. The molecule has 4 rings (SSSR count). The molecule has 30 heavy (non-hydrogen) atoms. The summed E-state index contributed by atoms with van der Waals surface area (Å²) < 4.78 is 10.3. The van der Waals surface area contributed by atoms with Crippen LogP contribution in [0.2, 0.25) is 0 Å². The molecule has 1 spiro atoms. The minimum atomic E-state index is -0.714. The fourth-order valence-corrected chi connectivity index (χ4v) is 4.75. The molecule has 1 aromatic rings. The van der Waals surface area contributed by atoms with Crippen molar-refractivity contribution in [3.05, 3.63) is 35.3 Å². The number of likely N-dealkylation sites (tertiary alicyclic amines) is 2. The Hall–Kier alpha value is -2.63. The van der Waals surface area contributed by atoms with Gasteiger partial charge in [0.25, 0.3) is 0 Å². The quantitative estimate of drug-likeness (QED) is 0.729. The number of carbonyl (C=O) groups excluding carboxylic acids is 1. The molecule has 3 aliphatic heterocycles. The predicted molar refractivity (Wildman–Crippen MR) is 108 cm³/mol. The van der Waals surface area contributed by atoms with E-state index in [9.17, 15) is 9.90 Å². The van der Waals surface area contributed by atoms with Crippen molar-refractivity contribution < 1.29 is 19.4 Å². The molecule has 0 radical (unpaired) electrons. The average Bonchev–Trinajstić information content (AvgIpc) is 3.21. The Balaban J connectivity index is 1.28. The number of piperidine rings is 2. The van der Waals surface area contributed by atoms with Crippen LogP contribution < -0.4 is 4.74 Å². The molecule has 8 nitrogen and oxygen atoms in total. The lowest BCUT2D eigenvalue weighted by Crippen LogP contribution is -2.47. The van der Waals surface area contributed by atoms with Gasteiger partial charge in [-0.1, -0.05) is 0 Å². The highest BCUT2D eigenvalue weighted by atomic mass is 16.5. The number of methoxy groups -OCH3 is 1. The van der Waals surface area contributed by atoms with Crippen molar-refractivity contribution in [1.29, 1.82) is 5.26 Å². The normalized spacial score (nSPS) is 22.4. The van der Waals surface area contributed by atoms with E-state index in [4.69, 9.17) is 14.7 Å². The molecular formula is C22H28N4O4. The number of carbonyl (C=O) groups is 1. The third-order valence-electron chi connectivity index (χ3n) is 6.79. The zero-order valence-corrected chi connectivity index (χ0v) is 17.3. The number of nitrogens with zero attached hydrogens (tertiary/aromatic N) is 4. The average molecular weight is 412 g/mol. The van der Waals surface area contributed by atoms with Crippen LogP contribution in [0, 0.1) is 16.7 Å². The van der Waals surface area contributed by atoms with Gasteiger partial charge in [0, 0.05) is 38.0 Å². The highest BCUT2D eigenvalue weighted by Gasteiger charge is 2.38. The van der Waals surface area contributed by atoms with E-state index in [-0.39, 0.29) is 5.97 Å². The van der Waals surface area contributed by atoms with Gasteiger partial charge in [-0.15, -0.1) is 0 Å². The Morgan fingerprint density at radius 3 is 2.60 bits per heavy atom. The summed E-state index contributed by atoms with van der Waals surface area (Å²) in [7, 11) is 1.51. The standard InChI is InChI=1S/C22H28N4O4/c1-29-20-11-18(24-13-16(20)12-23)19(27)14-25-6-2-22(3-7-25)4-8-26(9-5-22)17-10-21(28)30-15-17/h10-11,13,19,27H,2-9,14-15H2,1H3. The fourth-order valence-electron chi connectivity index (χ4n) is 4.75. The Morgan fingerprint density at radius 2 is 2.00 bits per heavy atom. The summed E-state index contributed by atoms with van der Waals surface area (Å²) in [5.41, 5.74) is 2.27. The number of ether oxygens (including phenoxy) is 2. The first-order chi connectivity index (χ1) is 14.5. The third kappa shape index (κ3) is 4.27. The largest absolute Gasteiger partial charge is 0.495 e. The van der Waals surface area contributed by atoms with Crippen LogP contribution in [0.15, 0.2) is 24.0 Å². The van der Waals surface area contributed by atoms with Gasteiger partial charge in [-0.3, -0.25) is 4.98 Å². The summed E-state index contributed by atoms with van der Waals surface area (Å²) in [6.07, 6.45) is 6.85. The molecule has 1 atom stereocenters. The summed E-state index contributed by atoms with van der Waals surface area (Å²) in [6.45, 7) is 4.78. The third-order valence-corrected chi connectivity index (χ3v) is 6.79. The van der Waals surface area contributed by atoms with Crippen LogP contribution in [0.5, 0.6) is 5.75 Å². The van der Waals surface area contributed by atoms with Crippen LogP contribution in [-0.4, -0.2) is 72.3 Å². The Kier molecular flexibility index (Phi) is 5.93. The van der Waals surface area contributed by atoms with Gasteiger partial charge in [-0.2, -0.15) is 5.26 Å². The number of aliphatic hydroxyl groups excluding tert-OH is 1. The number of nitriles is 1. The molecule has 0 aliphatic carbocycles. The smallest absolute Gasteiger partial charge is 0.333 e. The van der Waals surface area contributed by atoms with Gasteiger partial charge in [-0.25, -0.2) is 4.79 Å². The fraction of sp³-hybridized carbons (Fsp3) is 0.591. The molecule has 0 bridgehead atoms. The zero-order chi connectivity index (χ0) is 21.1. The van der Waals surface area contributed by atoms with Crippen LogP contribution in [0.25, 0.3) is 0 Å². The molecule has 0 aromatic carbocycles. The van der Waals surface area contributed by atoms with Crippen LogP contribution in [-0.2, 0) is 9.53 Å². The predicted octanol–water partition coefficient (Wildman–Crippen LogP) is 1.61. The van der Waals surface area contributed by atoms with Gasteiger partial charge >= 0.3 is 5.97 Å². The monoisotopic (exact) mass is 412 g/mol. The summed E-state index contributed by atoms with van der Waals surface area (Å²) in [6, 6.07) is 3.69. The highest BCUT2D eigenvalue weighted by Crippen LogP contribution is 2.42. The lowest BCUT2D eigenvalue weighted by Gasteiger charge is -2.47. The molecule has 1 aromatic heterocycles. The molecular weight excluding hydrogens is 384 g/mol. The van der Waals surface area contributed by atoms with Gasteiger partial charge < -0.3 is 24.4 Å². The maximum atomic E-state index is 11.3. The minimum Gasteiger partial charge on any atom is -0.495 e. The second-order valence-corrected chi connectivity index (χ2v) is 8.47. The van der Waals surface area contributed by atoms with Gasteiger partial charge in [0.2, 0.25) is 0 Å². The SMILES string of the molecule is COc1cc(C(O)CN2CCC3(CC2)CCN(C2=CC(=O)OC2)CC3)ncc1C#N. The zero-order valence-electron chi connectivity index (χ0n) is 17.3. The number of rotatable bonds is 5. The number of hydrogen-bond donors (Lipinski definition) is 1. The maximum absolute atomic E-state index is 11.3. The molecule has 4 heterocycles. The van der Waals surface area contributed by atoms with E-state index in [2.05, 4.69) is 14.8 Å². The van der Waals surface area contributed by atoms with E-state index in [0.29, 0.717) is 35.6 Å². The molecule has 160 valence electrons. The number of β-amino-alcohol motifs (C(OH)–C–C–N with tert-alkyl or cyclic N) is 1. The number of hydrogen-bond acceptors (Lipinski definition) is 8. The van der Waals surface area contributed by atoms with Crippen LogP contribution >= 0.6 is 0 Å². The van der Waals surface area contributed by atoms with E-state index in [1.807, 2.05) is 6.07 Å². The summed E-state index contributed by atoms with van der Waals surface area (Å²) in [4.78, 5) is 20.1. The molecule has 1 N–H and O–H groups in total. The molecule has 0 saturated carbocycles. The number of cyclic esters (lactones) is 1. The molecule has 0 amide bonds. The molecule has 3 aliphatic rings. The van der Waals surface area contributed by atoms with Crippen molar-refractivity contribution in [1.82, 2.24) is 14.8 Å². The van der Waals surface area contributed by atoms with Gasteiger partial charge in [0.15, 0.2) is 0 Å². The van der Waals surface area contributed by atoms with Crippen LogP contribution in [0.3, 0.4) is 0 Å². The first kappa shape index (κ1) is 20.6. The van der Waals surface area contributed by atoms with E-state index < -0.39 is 6.10 Å². The van der Waals surface area contributed by atoms with Crippen molar-refractivity contribution in [3.8, 4) is 11.8 Å². The Bertz CT molecular complexity index is 860. The second kappa shape index (κ2) is 8.62. The number of pyridine rings is 1. The molecule has 1 unspecified atom stereocenters. The van der Waals surface area contributed by atoms with Crippen LogP contribution in [0.4, 0.5) is 0 Å². The van der Waals surface area contributed by atoms with E-state index in [0.717, 1.165) is 57.6 Å². The van der Waals surface area contributed by atoms with Crippen molar-refractivity contribution in [3.63, 3.8) is 0 Å². The van der Waals surface area contributed by atoms with E-state index in [1.165, 1.54) is 13.3 Å². The highest BCUT2D eigenvalue weighted by molar-refractivity contribution is 5.85. The van der Waals surface area contributed by atoms with Crippen molar-refractivity contribution in [2.24, 2.45) is 5.41 Å². The number of aliphatic hydroxyl groups is 1. The molecule has 2 saturated heterocycles. The number of aromatic nitrogens is 1. The van der Waals surface area contributed by atoms with Gasteiger partial charge in [0.05, 0.1) is 18.5 Å². The van der Waals surface area contributed by atoms with Crippen molar-refractivity contribution in [2.45, 2.75) is 31.8 Å². The Morgan fingerprint density at radius 1 is 1.30 bits per heavy atom. The Labute approximate surface area is 176 Å². The lowest BCUT2D eigenvalue weighted by atomic mass is 9.71. The summed E-state index contributed by atoms with van der Waals surface area (Å²) in [5, 5.41) is 19.7. The first-order valence-electron chi connectivity index (χ1n) is 10.5. The van der Waals surface area contributed by atoms with Crippen LogP contribution in [0.1, 0.15) is 43.0 Å². The first-order valence-corrected chi connectivity index (χ1v) is 10.5. The van der Waals surface area contributed by atoms with Crippen molar-refractivity contribution in [2.75, 3.05) is 46.4 Å². The number of esters is 1. The van der Waals surface area contributed by atoms with Gasteiger partial charge in [0.1, 0.15) is 30.1 Å². The summed E-state index contributed by atoms with van der Waals surface area (Å²) in [5.74, 6) is 0.210. The lowest BCUT2D eigenvalue weighted by molar-refractivity contribution is -0.135. The van der Waals surface area contributed by atoms with E-state index in [1.54, 1.807) is 12.1 Å². The second-order valence-electron chi connectivity index (χ2n) is 8.47. The maximum Gasteiger partial charge on any atom is 0.333 e. The molecule has 2 fully saturated rings. The van der Waals surface area contributed by atoms with Gasteiger partial charge in [-0.05, 0) is 44.2 Å².